The summed E-state index contributed by atoms with van der Waals surface area (Å²) < 4.78 is 5.39. The number of ether oxygens (including phenoxy) is 1. The maximum absolute atomic E-state index is 11.9. The predicted molar refractivity (Wildman–Crippen MR) is 104 cm³/mol. The third-order valence-electron chi connectivity index (χ3n) is 5.50. The number of nitrogens with zero attached hydrogens (tertiary/aromatic N) is 3. The van der Waals surface area contributed by atoms with E-state index in [2.05, 4.69) is 22.0 Å². The van der Waals surface area contributed by atoms with Crippen molar-refractivity contribution < 1.29 is 14.6 Å². The van der Waals surface area contributed by atoms with Crippen LogP contribution >= 0.6 is 0 Å². The van der Waals surface area contributed by atoms with Gasteiger partial charge in [-0.3, -0.25) is 9.88 Å². The number of carbonyl (C=O) groups is 1. The van der Waals surface area contributed by atoms with Crippen LogP contribution in [0.4, 0.5) is 16.2 Å². The molecule has 1 N–H and O–H groups in total. The lowest BCUT2D eigenvalue weighted by atomic mass is 9.99. The Hall–Kier alpha value is -2.60. The minimum Gasteiger partial charge on any atom is -0.465 e. The molecule has 4 rings (SSSR count). The van der Waals surface area contributed by atoms with Crippen LogP contribution in [0.2, 0.25) is 0 Å². The average Bonchev–Trinajstić information content (AvgIpc) is 3.09. The van der Waals surface area contributed by atoms with Crippen LogP contribution in [0.25, 0.3) is 0 Å². The van der Waals surface area contributed by atoms with Gasteiger partial charge >= 0.3 is 6.09 Å². The fourth-order valence-electron chi connectivity index (χ4n) is 3.98. The number of anilines is 2. The Balaban J connectivity index is 1.50. The number of hydrogen-bond donors (Lipinski definition) is 1. The molecule has 1 fully saturated rings. The predicted octanol–water partition coefficient (Wildman–Crippen LogP) is 3.56. The summed E-state index contributed by atoms with van der Waals surface area (Å²) in [6.07, 6.45) is 5.54. The molecule has 27 heavy (non-hydrogen) atoms. The van der Waals surface area contributed by atoms with E-state index in [4.69, 9.17) is 4.74 Å². The molecule has 1 aromatic heterocycles. The Bertz CT molecular complexity index is 791. The van der Waals surface area contributed by atoms with Crippen LogP contribution in [0, 0.1) is 5.92 Å². The van der Waals surface area contributed by atoms with Crippen LogP contribution in [0.3, 0.4) is 0 Å². The Morgan fingerprint density at radius 1 is 1.22 bits per heavy atom. The molecule has 1 amide bonds. The zero-order valence-electron chi connectivity index (χ0n) is 15.4. The molecule has 0 spiro atoms. The standard InChI is InChI=1S/C21H25N3O3/c25-21(26)24(15-17-6-11-27-12-7-17)19-1-2-20-18(13-19)5-10-23(20)14-16-3-8-22-9-4-16/h1-4,8-9,13,17H,5-7,10-12,14-15H2,(H,25,26). The highest BCUT2D eigenvalue weighted by atomic mass is 16.5. The van der Waals surface area contributed by atoms with Crippen molar-refractivity contribution in [3.8, 4) is 0 Å². The van der Waals surface area contributed by atoms with Crippen molar-refractivity contribution in [2.24, 2.45) is 5.92 Å². The molecule has 0 atom stereocenters. The average molecular weight is 367 g/mol. The smallest absolute Gasteiger partial charge is 0.411 e. The molecule has 2 aliphatic heterocycles. The van der Waals surface area contributed by atoms with E-state index >= 15 is 0 Å². The van der Waals surface area contributed by atoms with Gasteiger partial charge in [0.15, 0.2) is 0 Å². The molecule has 0 saturated carbocycles. The summed E-state index contributed by atoms with van der Waals surface area (Å²) in [5, 5.41) is 9.73. The number of rotatable bonds is 5. The second-order valence-electron chi connectivity index (χ2n) is 7.29. The van der Waals surface area contributed by atoms with Crippen LogP contribution in [-0.2, 0) is 17.7 Å². The molecule has 3 heterocycles. The fraction of sp³-hybridized carbons (Fsp3) is 0.429. The summed E-state index contributed by atoms with van der Waals surface area (Å²) in [5.41, 5.74) is 4.43. The van der Waals surface area contributed by atoms with Gasteiger partial charge in [0.1, 0.15) is 0 Å². The van der Waals surface area contributed by atoms with E-state index < -0.39 is 6.09 Å². The van der Waals surface area contributed by atoms with E-state index in [0.29, 0.717) is 12.5 Å². The Morgan fingerprint density at radius 2 is 2.00 bits per heavy atom. The third-order valence-corrected chi connectivity index (χ3v) is 5.50. The van der Waals surface area contributed by atoms with Crippen LogP contribution < -0.4 is 9.80 Å². The van der Waals surface area contributed by atoms with Gasteiger partial charge in [0.05, 0.1) is 0 Å². The molecule has 0 bridgehead atoms. The van der Waals surface area contributed by atoms with Crippen molar-refractivity contribution in [3.63, 3.8) is 0 Å². The summed E-state index contributed by atoms with van der Waals surface area (Å²) in [7, 11) is 0. The SMILES string of the molecule is O=C(O)N(CC1CCOCC1)c1ccc2c(c1)CCN2Cc1ccncc1. The first-order valence-electron chi connectivity index (χ1n) is 9.55. The van der Waals surface area contributed by atoms with Crippen molar-refractivity contribution in [3.05, 3.63) is 53.9 Å². The number of pyridine rings is 1. The zero-order valence-corrected chi connectivity index (χ0v) is 15.4. The maximum atomic E-state index is 11.9. The van der Waals surface area contributed by atoms with Gasteiger partial charge in [0, 0.05) is 56.6 Å². The van der Waals surface area contributed by atoms with Crippen LogP contribution in [0.1, 0.15) is 24.0 Å². The molecule has 2 aliphatic rings. The van der Waals surface area contributed by atoms with Crippen LogP contribution in [0.5, 0.6) is 0 Å². The second kappa shape index (κ2) is 7.96. The molecule has 2 aromatic rings. The van der Waals surface area contributed by atoms with Crippen LogP contribution in [-0.4, -0.2) is 42.5 Å². The van der Waals surface area contributed by atoms with Crippen molar-refractivity contribution in [2.45, 2.75) is 25.8 Å². The Morgan fingerprint density at radius 3 is 2.74 bits per heavy atom. The van der Waals surface area contributed by atoms with E-state index in [1.165, 1.54) is 21.7 Å². The molecule has 0 radical (unpaired) electrons. The summed E-state index contributed by atoms with van der Waals surface area (Å²) >= 11 is 0. The third kappa shape index (κ3) is 4.06. The van der Waals surface area contributed by atoms with Crippen LogP contribution in [0.15, 0.2) is 42.7 Å². The maximum Gasteiger partial charge on any atom is 0.411 e. The number of fused-ring (bicyclic) bond motifs is 1. The number of carboxylic acid groups (broad SMARTS) is 1. The summed E-state index contributed by atoms with van der Waals surface area (Å²) in [6.45, 7) is 3.80. The van der Waals surface area contributed by atoms with Gasteiger partial charge in [0.25, 0.3) is 0 Å². The second-order valence-corrected chi connectivity index (χ2v) is 7.29. The van der Waals surface area contributed by atoms with Crippen molar-refractivity contribution >= 4 is 17.5 Å². The highest BCUT2D eigenvalue weighted by Crippen LogP contribution is 2.33. The van der Waals surface area contributed by atoms with Gasteiger partial charge in [-0.05, 0) is 66.6 Å². The van der Waals surface area contributed by atoms with E-state index in [0.717, 1.165) is 51.3 Å². The van der Waals surface area contributed by atoms with E-state index in [1.54, 1.807) is 0 Å². The summed E-state index contributed by atoms with van der Waals surface area (Å²) in [5.74, 6) is 0.367. The normalized spacial score (nSPS) is 17.0. The first kappa shape index (κ1) is 17.8. The molecular weight excluding hydrogens is 342 g/mol. The molecule has 6 heteroatoms. The number of hydrogen-bond acceptors (Lipinski definition) is 4. The van der Waals surface area contributed by atoms with Gasteiger partial charge in [-0.2, -0.15) is 0 Å². The van der Waals surface area contributed by atoms with Crippen molar-refractivity contribution in [2.75, 3.05) is 36.1 Å². The quantitative estimate of drug-likeness (QED) is 0.875. The highest BCUT2D eigenvalue weighted by molar-refractivity contribution is 5.87. The van der Waals surface area contributed by atoms with Gasteiger partial charge in [-0.15, -0.1) is 0 Å². The van der Waals surface area contributed by atoms with E-state index in [-0.39, 0.29) is 0 Å². The molecule has 1 aromatic carbocycles. The van der Waals surface area contributed by atoms with Gasteiger partial charge in [-0.1, -0.05) is 0 Å². The minimum absolute atomic E-state index is 0.367. The monoisotopic (exact) mass is 367 g/mol. The lowest BCUT2D eigenvalue weighted by molar-refractivity contribution is 0.0680. The number of aromatic nitrogens is 1. The van der Waals surface area contributed by atoms with E-state index in [9.17, 15) is 9.90 Å². The van der Waals surface area contributed by atoms with Gasteiger partial charge in [0.2, 0.25) is 0 Å². The summed E-state index contributed by atoms with van der Waals surface area (Å²) in [6, 6.07) is 10.1. The molecule has 142 valence electrons. The molecule has 1 saturated heterocycles. The van der Waals surface area contributed by atoms with Crippen molar-refractivity contribution in [1.82, 2.24) is 4.98 Å². The fourth-order valence-corrected chi connectivity index (χ4v) is 3.98. The highest BCUT2D eigenvalue weighted by Gasteiger charge is 2.25. The Kier molecular flexibility index (Phi) is 5.25. The zero-order chi connectivity index (χ0) is 18.6. The van der Waals surface area contributed by atoms with Crippen molar-refractivity contribution in [1.29, 1.82) is 0 Å². The summed E-state index contributed by atoms with van der Waals surface area (Å²) in [4.78, 5) is 19.8. The van der Waals surface area contributed by atoms with Gasteiger partial charge < -0.3 is 14.7 Å². The Labute approximate surface area is 159 Å². The minimum atomic E-state index is -0.881. The molecule has 6 nitrogen and oxygen atoms in total. The first-order chi connectivity index (χ1) is 13.2. The number of amides is 1. The molecular formula is C21H25N3O3. The topological polar surface area (TPSA) is 65.9 Å². The van der Waals surface area contributed by atoms with Gasteiger partial charge in [-0.25, -0.2) is 4.79 Å². The molecule has 0 aliphatic carbocycles. The first-order valence-corrected chi connectivity index (χ1v) is 9.55. The van der Waals surface area contributed by atoms with E-state index in [1.807, 2.05) is 30.6 Å². The lowest BCUT2D eigenvalue weighted by Gasteiger charge is -2.28. The number of benzene rings is 1. The lowest BCUT2D eigenvalue weighted by Crippen LogP contribution is -2.36. The largest absolute Gasteiger partial charge is 0.465 e. The molecule has 0 unspecified atom stereocenters.